The second kappa shape index (κ2) is 7.81. The molecule has 94 valence electrons. The highest BCUT2D eigenvalue weighted by molar-refractivity contribution is 5.77. The third-order valence-electron chi connectivity index (χ3n) is 2.21. The highest BCUT2D eigenvalue weighted by atomic mass is 16.7. The zero-order valence-corrected chi connectivity index (χ0v) is 10.1. The molecule has 1 aromatic rings. The fourth-order valence-electron chi connectivity index (χ4n) is 1.37. The number of hydrogen-bond acceptors (Lipinski definition) is 3. The van der Waals surface area contributed by atoms with Crippen LogP contribution < -0.4 is 5.73 Å². The number of benzene rings is 1. The summed E-state index contributed by atoms with van der Waals surface area (Å²) in [5.41, 5.74) is 6.33. The average Bonchev–Trinajstić information content (AvgIpc) is 2.34. The van der Waals surface area contributed by atoms with Gasteiger partial charge < -0.3 is 15.2 Å². The minimum Gasteiger partial charge on any atom is -0.365 e. The van der Waals surface area contributed by atoms with Crippen molar-refractivity contribution in [1.82, 2.24) is 0 Å². The highest BCUT2D eigenvalue weighted by Crippen LogP contribution is 2.02. The zero-order chi connectivity index (χ0) is 12.5. The minimum absolute atomic E-state index is 0.418. The van der Waals surface area contributed by atoms with E-state index in [1.54, 1.807) is 0 Å². The van der Waals surface area contributed by atoms with Gasteiger partial charge >= 0.3 is 0 Å². The van der Waals surface area contributed by atoms with E-state index >= 15 is 0 Å². The normalized spacial score (nSPS) is 12.3. The maximum atomic E-state index is 11.0. The lowest BCUT2D eigenvalue weighted by Gasteiger charge is -2.14. The minimum atomic E-state index is -0.932. The third-order valence-corrected chi connectivity index (χ3v) is 2.21. The van der Waals surface area contributed by atoms with E-state index < -0.39 is 12.2 Å². The van der Waals surface area contributed by atoms with Crippen LogP contribution in [0.15, 0.2) is 30.3 Å². The first-order chi connectivity index (χ1) is 8.24. The van der Waals surface area contributed by atoms with Crippen LogP contribution in [0.3, 0.4) is 0 Å². The Bertz CT molecular complexity index is 327. The summed E-state index contributed by atoms with van der Waals surface area (Å²) in [7, 11) is 0. The molecule has 0 saturated heterocycles. The molecule has 1 unspecified atom stereocenters. The van der Waals surface area contributed by atoms with Crippen molar-refractivity contribution in [3.8, 4) is 0 Å². The van der Waals surface area contributed by atoms with E-state index in [0.29, 0.717) is 13.2 Å². The summed E-state index contributed by atoms with van der Waals surface area (Å²) in [6.07, 6.45) is 0.630. The van der Waals surface area contributed by atoms with E-state index in [1.165, 1.54) is 0 Å². The number of amides is 1. The lowest BCUT2D eigenvalue weighted by atomic mass is 10.2. The average molecular weight is 237 g/mol. The molecule has 2 N–H and O–H groups in total. The van der Waals surface area contributed by atoms with Crippen molar-refractivity contribution in [2.24, 2.45) is 5.73 Å². The van der Waals surface area contributed by atoms with E-state index in [1.807, 2.05) is 37.3 Å². The van der Waals surface area contributed by atoms with E-state index in [4.69, 9.17) is 15.2 Å². The fourth-order valence-corrected chi connectivity index (χ4v) is 1.37. The number of ether oxygens (including phenoxy) is 2. The number of nitrogens with two attached hydrogens (primary N) is 1. The van der Waals surface area contributed by atoms with E-state index in [0.717, 1.165) is 18.4 Å². The number of primary amides is 1. The van der Waals surface area contributed by atoms with Crippen LogP contribution in [0.2, 0.25) is 0 Å². The summed E-state index contributed by atoms with van der Waals surface area (Å²) in [5.74, 6) is -0.577. The van der Waals surface area contributed by atoms with Gasteiger partial charge in [-0.15, -0.1) is 0 Å². The van der Waals surface area contributed by atoms with Crippen molar-refractivity contribution < 1.29 is 14.3 Å². The quantitative estimate of drug-likeness (QED) is 0.697. The number of hydrogen-bond donors (Lipinski definition) is 1. The molecule has 0 fully saturated rings. The Labute approximate surface area is 102 Å². The summed E-state index contributed by atoms with van der Waals surface area (Å²) in [6, 6.07) is 9.91. The first-order valence-corrected chi connectivity index (χ1v) is 5.80. The van der Waals surface area contributed by atoms with Gasteiger partial charge in [-0.1, -0.05) is 37.3 Å². The van der Waals surface area contributed by atoms with Gasteiger partial charge in [-0.2, -0.15) is 0 Å². The van der Waals surface area contributed by atoms with Gasteiger partial charge in [-0.05, 0) is 18.4 Å². The first-order valence-electron chi connectivity index (χ1n) is 5.80. The van der Waals surface area contributed by atoms with Gasteiger partial charge in [0.2, 0.25) is 6.29 Å². The Kier molecular flexibility index (Phi) is 6.29. The topological polar surface area (TPSA) is 61.6 Å². The SMILES string of the molecule is CCCOC(OCCc1ccccc1)C(N)=O. The van der Waals surface area contributed by atoms with Crippen molar-refractivity contribution in [2.45, 2.75) is 26.1 Å². The van der Waals surface area contributed by atoms with E-state index in [9.17, 15) is 4.79 Å². The van der Waals surface area contributed by atoms with Gasteiger partial charge in [0.05, 0.1) is 13.2 Å². The Morgan fingerprint density at radius 2 is 1.88 bits per heavy atom. The second-order valence-electron chi connectivity index (χ2n) is 3.71. The van der Waals surface area contributed by atoms with Crippen LogP contribution in [0.1, 0.15) is 18.9 Å². The molecule has 0 radical (unpaired) electrons. The molecule has 0 aromatic heterocycles. The van der Waals surface area contributed by atoms with Gasteiger partial charge in [-0.25, -0.2) is 0 Å². The van der Waals surface area contributed by atoms with Crippen molar-refractivity contribution in [3.05, 3.63) is 35.9 Å². The molecule has 0 aliphatic heterocycles. The van der Waals surface area contributed by atoms with E-state index in [-0.39, 0.29) is 0 Å². The Morgan fingerprint density at radius 3 is 2.47 bits per heavy atom. The lowest BCUT2D eigenvalue weighted by molar-refractivity contribution is -0.169. The molecule has 17 heavy (non-hydrogen) atoms. The molecule has 0 heterocycles. The van der Waals surface area contributed by atoms with E-state index in [2.05, 4.69) is 0 Å². The molecular formula is C13H19NO3. The summed E-state index contributed by atoms with van der Waals surface area (Å²) >= 11 is 0. The molecule has 0 saturated carbocycles. The van der Waals surface area contributed by atoms with Crippen LogP contribution in [-0.2, 0) is 20.7 Å². The highest BCUT2D eigenvalue weighted by Gasteiger charge is 2.15. The lowest BCUT2D eigenvalue weighted by Crippen LogP contribution is -2.34. The van der Waals surface area contributed by atoms with Gasteiger partial charge in [0, 0.05) is 0 Å². The smallest absolute Gasteiger partial charge is 0.274 e. The van der Waals surface area contributed by atoms with Gasteiger partial charge in [0.15, 0.2) is 0 Å². The number of carbonyl (C=O) groups is 1. The summed E-state index contributed by atoms with van der Waals surface area (Å²) in [5, 5.41) is 0. The number of rotatable bonds is 8. The van der Waals surface area contributed by atoms with Crippen LogP contribution >= 0.6 is 0 Å². The fraction of sp³-hybridized carbons (Fsp3) is 0.462. The molecule has 1 amide bonds. The van der Waals surface area contributed by atoms with Crippen molar-refractivity contribution >= 4 is 5.91 Å². The predicted molar refractivity (Wildman–Crippen MR) is 65.3 cm³/mol. The summed E-state index contributed by atoms with van der Waals surface area (Å²) in [6.45, 7) is 2.85. The van der Waals surface area contributed by atoms with Crippen LogP contribution in [0.4, 0.5) is 0 Å². The Balaban J connectivity index is 2.29. The van der Waals surface area contributed by atoms with Crippen molar-refractivity contribution in [2.75, 3.05) is 13.2 Å². The van der Waals surface area contributed by atoms with Crippen molar-refractivity contribution in [3.63, 3.8) is 0 Å². The van der Waals surface area contributed by atoms with Crippen molar-refractivity contribution in [1.29, 1.82) is 0 Å². The van der Waals surface area contributed by atoms with Crippen LogP contribution in [-0.4, -0.2) is 25.4 Å². The Hall–Kier alpha value is -1.39. The molecule has 0 aliphatic carbocycles. The molecule has 0 aliphatic rings. The summed E-state index contributed by atoms with van der Waals surface area (Å²) < 4.78 is 10.5. The second-order valence-corrected chi connectivity index (χ2v) is 3.71. The molecular weight excluding hydrogens is 218 g/mol. The van der Waals surface area contributed by atoms with Crippen LogP contribution in [0.5, 0.6) is 0 Å². The van der Waals surface area contributed by atoms with Gasteiger partial charge in [0.25, 0.3) is 5.91 Å². The number of carbonyl (C=O) groups excluding carboxylic acids is 1. The molecule has 4 heteroatoms. The third kappa shape index (κ3) is 5.47. The molecule has 0 spiro atoms. The molecule has 1 atom stereocenters. The molecule has 1 rings (SSSR count). The van der Waals surface area contributed by atoms with Crippen LogP contribution in [0, 0.1) is 0 Å². The van der Waals surface area contributed by atoms with Gasteiger partial charge in [0.1, 0.15) is 0 Å². The maximum Gasteiger partial charge on any atom is 0.274 e. The first kappa shape index (κ1) is 13.7. The standard InChI is InChI=1S/C13H19NO3/c1-2-9-16-13(12(14)15)17-10-8-11-6-4-3-5-7-11/h3-7,13H,2,8-10H2,1H3,(H2,14,15). The zero-order valence-electron chi connectivity index (χ0n) is 10.1. The predicted octanol–water partition coefficient (Wildman–Crippen LogP) is 1.48. The Morgan fingerprint density at radius 1 is 1.24 bits per heavy atom. The largest absolute Gasteiger partial charge is 0.365 e. The summed E-state index contributed by atoms with van der Waals surface area (Å²) in [4.78, 5) is 11.0. The van der Waals surface area contributed by atoms with Crippen LogP contribution in [0.25, 0.3) is 0 Å². The molecule has 1 aromatic carbocycles. The molecule has 0 bridgehead atoms. The maximum absolute atomic E-state index is 11.0. The monoisotopic (exact) mass is 237 g/mol. The molecule has 4 nitrogen and oxygen atoms in total. The van der Waals surface area contributed by atoms with Gasteiger partial charge in [-0.3, -0.25) is 4.79 Å².